The molecule has 3 aromatic rings. The Balaban J connectivity index is 1.86. The second kappa shape index (κ2) is 4.43. The van der Waals surface area contributed by atoms with E-state index in [1.165, 1.54) is 0 Å². The number of hydrogen-bond donors (Lipinski definition) is 2. The van der Waals surface area contributed by atoms with Crippen LogP contribution in [0.4, 0.5) is 5.69 Å². The SMILES string of the molecule is Cc1nc(C(=O)Nc2ccc3nc(C)sc3c2)n[nH]1. The first-order chi connectivity index (χ1) is 9.11. The summed E-state index contributed by atoms with van der Waals surface area (Å²) in [5.41, 5.74) is 1.65. The highest BCUT2D eigenvalue weighted by atomic mass is 32.1. The van der Waals surface area contributed by atoms with Gasteiger partial charge in [0.2, 0.25) is 5.82 Å². The van der Waals surface area contributed by atoms with E-state index in [1.807, 2.05) is 25.1 Å². The summed E-state index contributed by atoms with van der Waals surface area (Å²) in [6.07, 6.45) is 0. The van der Waals surface area contributed by atoms with Gasteiger partial charge in [0.15, 0.2) is 0 Å². The third-order valence-corrected chi connectivity index (χ3v) is 3.49. The van der Waals surface area contributed by atoms with Gasteiger partial charge >= 0.3 is 0 Å². The Hall–Kier alpha value is -2.28. The van der Waals surface area contributed by atoms with Gasteiger partial charge in [-0.25, -0.2) is 9.97 Å². The fourth-order valence-electron chi connectivity index (χ4n) is 1.75. The third kappa shape index (κ3) is 2.32. The zero-order valence-corrected chi connectivity index (χ0v) is 11.2. The topological polar surface area (TPSA) is 83.6 Å². The van der Waals surface area contributed by atoms with Crippen molar-refractivity contribution in [2.75, 3.05) is 5.32 Å². The summed E-state index contributed by atoms with van der Waals surface area (Å²) in [6.45, 7) is 3.70. The molecule has 0 saturated carbocycles. The van der Waals surface area contributed by atoms with Crippen LogP contribution in [0.25, 0.3) is 10.2 Å². The average molecular weight is 273 g/mol. The standard InChI is InChI=1S/C12H11N5OS/c1-6-13-11(17-16-6)12(18)15-8-3-4-9-10(5-8)19-7(2)14-9/h3-5H,1-2H3,(H,15,18)(H,13,16,17). The third-order valence-electron chi connectivity index (χ3n) is 2.55. The van der Waals surface area contributed by atoms with E-state index in [9.17, 15) is 4.79 Å². The molecule has 0 spiro atoms. The van der Waals surface area contributed by atoms with Crippen molar-refractivity contribution in [2.24, 2.45) is 0 Å². The Kier molecular flexibility index (Phi) is 2.75. The number of anilines is 1. The van der Waals surface area contributed by atoms with Crippen LogP contribution in [-0.4, -0.2) is 26.1 Å². The van der Waals surface area contributed by atoms with Gasteiger partial charge in [-0.15, -0.1) is 16.4 Å². The molecule has 96 valence electrons. The minimum absolute atomic E-state index is 0.137. The van der Waals surface area contributed by atoms with E-state index in [2.05, 4.69) is 25.5 Å². The molecule has 0 aliphatic heterocycles. The Morgan fingerprint density at radius 2 is 2.16 bits per heavy atom. The number of aryl methyl sites for hydroxylation is 2. The number of nitrogens with zero attached hydrogens (tertiary/aromatic N) is 3. The predicted octanol–water partition coefficient (Wildman–Crippen LogP) is 2.28. The van der Waals surface area contributed by atoms with E-state index < -0.39 is 0 Å². The minimum atomic E-state index is -0.329. The van der Waals surface area contributed by atoms with Crippen molar-refractivity contribution in [3.05, 3.63) is 34.9 Å². The largest absolute Gasteiger partial charge is 0.319 e. The summed E-state index contributed by atoms with van der Waals surface area (Å²) < 4.78 is 1.04. The molecule has 0 atom stereocenters. The number of carbonyl (C=O) groups is 1. The predicted molar refractivity (Wildman–Crippen MR) is 73.4 cm³/mol. The van der Waals surface area contributed by atoms with Crippen LogP contribution in [0.1, 0.15) is 21.5 Å². The summed E-state index contributed by atoms with van der Waals surface area (Å²) in [5.74, 6) is 0.418. The molecule has 0 fully saturated rings. The molecule has 1 amide bonds. The molecule has 0 unspecified atom stereocenters. The van der Waals surface area contributed by atoms with E-state index in [0.717, 1.165) is 15.2 Å². The normalized spacial score (nSPS) is 10.8. The molecule has 3 rings (SSSR count). The number of rotatable bonds is 2. The lowest BCUT2D eigenvalue weighted by Gasteiger charge is -2.01. The second-order valence-corrected chi connectivity index (χ2v) is 5.35. The first kappa shape index (κ1) is 11.8. The molecule has 19 heavy (non-hydrogen) atoms. The molecule has 2 aromatic heterocycles. The molecule has 2 N–H and O–H groups in total. The number of aromatic nitrogens is 4. The van der Waals surface area contributed by atoms with Crippen LogP contribution in [0.3, 0.4) is 0 Å². The summed E-state index contributed by atoms with van der Waals surface area (Å²) in [5, 5.41) is 10.2. The number of carbonyl (C=O) groups excluding carboxylic acids is 1. The van der Waals surface area contributed by atoms with Crippen molar-refractivity contribution in [1.29, 1.82) is 0 Å². The van der Waals surface area contributed by atoms with E-state index in [4.69, 9.17) is 0 Å². The number of fused-ring (bicyclic) bond motifs is 1. The van der Waals surface area contributed by atoms with Crippen molar-refractivity contribution in [3.63, 3.8) is 0 Å². The number of nitrogens with one attached hydrogen (secondary N) is 2. The number of hydrogen-bond acceptors (Lipinski definition) is 5. The lowest BCUT2D eigenvalue weighted by Crippen LogP contribution is -2.13. The first-order valence-electron chi connectivity index (χ1n) is 5.69. The van der Waals surface area contributed by atoms with Gasteiger partial charge in [0.25, 0.3) is 5.91 Å². The minimum Gasteiger partial charge on any atom is -0.319 e. The zero-order valence-electron chi connectivity index (χ0n) is 10.4. The van der Waals surface area contributed by atoms with Gasteiger partial charge in [-0.05, 0) is 32.0 Å². The molecule has 7 heteroatoms. The lowest BCUT2D eigenvalue weighted by molar-refractivity contribution is 0.101. The molecule has 0 aliphatic carbocycles. The maximum Gasteiger partial charge on any atom is 0.295 e. The first-order valence-corrected chi connectivity index (χ1v) is 6.51. The summed E-state index contributed by atoms with van der Waals surface area (Å²) >= 11 is 1.59. The number of aromatic amines is 1. The second-order valence-electron chi connectivity index (χ2n) is 4.11. The lowest BCUT2D eigenvalue weighted by atomic mass is 10.3. The molecule has 0 aliphatic rings. The van der Waals surface area contributed by atoms with Gasteiger partial charge in [0.1, 0.15) is 5.82 Å². The number of H-pyrrole nitrogens is 1. The summed E-state index contributed by atoms with van der Waals surface area (Å²) in [7, 11) is 0. The van der Waals surface area contributed by atoms with E-state index in [1.54, 1.807) is 18.3 Å². The van der Waals surface area contributed by atoms with Crippen LogP contribution in [0, 0.1) is 13.8 Å². The van der Waals surface area contributed by atoms with Crippen LogP contribution in [0.5, 0.6) is 0 Å². The Bertz CT molecular complexity index is 760. The maximum atomic E-state index is 11.9. The average Bonchev–Trinajstić information content (AvgIpc) is 2.93. The van der Waals surface area contributed by atoms with E-state index in [-0.39, 0.29) is 11.7 Å². The summed E-state index contributed by atoms with van der Waals surface area (Å²) in [4.78, 5) is 20.3. The molecule has 2 heterocycles. The fraction of sp³-hybridized carbons (Fsp3) is 0.167. The van der Waals surface area contributed by atoms with Crippen LogP contribution < -0.4 is 5.32 Å². The van der Waals surface area contributed by atoms with Gasteiger partial charge < -0.3 is 5.32 Å². The van der Waals surface area contributed by atoms with E-state index in [0.29, 0.717) is 11.5 Å². The molecular weight excluding hydrogens is 262 g/mol. The Labute approximate surface area is 112 Å². The molecule has 1 aromatic carbocycles. The van der Waals surface area contributed by atoms with Gasteiger partial charge in [0.05, 0.1) is 15.2 Å². The zero-order chi connectivity index (χ0) is 13.4. The smallest absolute Gasteiger partial charge is 0.295 e. The highest BCUT2D eigenvalue weighted by molar-refractivity contribution is 7.18. The van der Waals surface area contributed by atoms with Crippen LogP contribution in [-0.2, 0) is 0 Å². The van der Waals surface area contributed by atoms with Gasteiger partial charge in [-0.1, -0.05) is 0 Å². The van der Waals surface area contributed by atoms with Gasteiger partial charge in [0, 0.05) is 5.69 Å². The molecule has 0 bridgehead atoms. The van der Waals surface area contributed by atoms with Crippen LogP contribution in [0.2, 0.25) is 0 Å². The molecule has 6 nitrogen and oxygen atoms in total. The maximum absolute atomic E-state index is 11.9. The van der Waals surface area contributed by atoms with Crippen molar-refractivity contribution >= 4 is 33.1 Å². The highest BCUT2D eigenvalue weighted by Crippen LogP contribution is 2.24. The molecule has 0 radical (unpaired) electrons. The quantitative estimate of drug-likeness (QED) is 0.750. The van der Waals surface area contributed by atoms with E-state index >= 15 is 0 Å². The fourth-order valence-corrected chi connectivity index (χ4v) is 2.62. The van der Waals surface area contributed by atoms with Crippen molar-refractivity contribution in [1.82, 2.24) is 20.2 Å². The van der Waals surface area contributed by atoms with Crippen molar-refractivity contribution < 1.29 is 4.79 Å². The Morgan fingerprint density at radius 1 is 1.32 bits per heavy atom. The van der Waals surface area contributed by atoms with Gasteiger partial charge in [-0.2, -0.15) is 0 Å². The number of thiazole rings is 1. The van der Waals surface area contributed by atoms with Crippen molar-refractivity contribution in [3.8, 4) is 0 Å². The molecular formula is C12H11N5OS. The van der Waals surface area contributed by atoms with Gasteiger partial charge in [-0.3, -0.25) is 9.89 Å². The van der Waals surface area contributed by atoms with Crippen LogP contribution in [0.15, 0.2) is 18.2 Å². The van der Waals surface area contributed by atoms with Crippen molar-refractivity contribution in [2.45, 2.75) is 13.8 Å². The number of amides is 1. The molecule has 0 saturated heterocycles. The monoisotopic (exact) mass is 273 g/mol. The number of benzene rings is 1. The van der Waals surface area contributed by atoms with Crippen LogP contribution >= 0.6 is 11.3 Å². The highest BCUT2D eigenvalue weighted by Gasteiger charge is 2.11. The Morgan fingerprint density at radius 3 is 2.89 bits per heavy atom. The summed E-state index contributed by atoms with van der Waals surface area (Å²) in [6, 6.07) is 5.61.